The molecule has 0 amide bonds. The van der Waals surface area contributed by atoms with E-state index >= 15 is 0 Å². The van der Waals surface area contributed by atoms with E-state index in [1.165, 1.54) is 10.8 Å². The zero-order valence-electron chi connectivity index (χ0n) is 18.0. The van der Waals surface area contributed by atoms with Crippen molar-refractivity contribution >= 4 is 24.5 Å². The van der Waals surface area contributed by atoms with Gasteiger partial charge in [0.1, 0.15) is 12.8 Å². The van der Waals surface area contributed by atoms with E-state index < -0.39 is 38.2 Å². The molecule has 1 fully saturated rings. The van der Waals surface area contributed by atoms with Crippen LogP contribution in [0.1, 0.15) is 48.6 Å². The van der Waals surface area contributed by atoms with Crippen molar-refractivity contribution in [3.05, 3.63) is 42.9 Å². The van der Waals surface area contributed by atoms with E-state index in [4.69, 9.17) is 21.7 Å². The highest BCUT2D eigenvalue weighted by molar-refractivity contribution is 9.10. The normalized spacial score (nSPS) is 23.6. The molecule has 1 aliphatic heterocycles. The monoisotopic (exact) mass is 491 g/mol. The largest absolute Gasteiger partial charge is 0.352 e. The smallest absolute Gasteiger partial charge is 0.330 e. The summed E-state index contributed by atoms with van der Waals surface area (Å²) < 4.78 is 29.6. The lowest BCUT2D eigenvalue weighted by atomic mass is 10.2. The first-order valence-corrected chi connectivity index (χ1v) is 11.3. The van der Waals surface area contributed by atoms with Gasteiger partial charge in [-0.15, -0.1) is 0 Å². The van der Waals surface area contributed by atoms with Gasteiger partial charge >= 0.3 is 5.69 Å². The number of hydrogen-bond donors (Lipinski definition) is 1. The first-order valence-electron chi connectivity index (χ1n) is 10.1. The van der Waals surface area contributed by atoms with Crippen LogP contribution in [0.5, 0.6) is 0 Å². The fraction of sp³-hybridized carbons (Fsp3) is 0.722. The second-order valence-electron chi connectivity index (χ2n) is 7.17. The SMILES string of the molecule is [2H]C[C@H]1O[C@@H](n2cc(Br)c(=O)[nH]c2=O)CC1OP(OCC[N+]#[C-])N(C(C)C)C(C)C. The minimum absolute atomic E-state index is 0.0466. The lowest BCUT2D eigenvalue weighted by Gasteiger charge is -2.36. The molecule has 162 valence electrons. The molecule has 2 unspecified atom stereocenters. The second kappa shape index (κ2) is 10.8. The van der Waals surface area contributed by atoms with Gasteiger partial charge in [0.25, 0.3) is 14.1 Å². The van der Waals surface area contributed by atoms with E-state index in [1.807, 2.05) is 27.7 Å². The number of rotatable bonds is 9. The molecule has 1 saturated heterocycles. The molecule has 9 nitrogen and oxygen atoms in total. The van der Waals surface area contributed by atoms with Gasteiger partial charge in [-0.05, 0) is 50.5 Å². The van der Waals surface area contributed by atoms with Gasteiger partial charge in [-0.2, -0.15) is 0 Å². The van der Waals surface area contributed by atoms with Gasteiger partial charge in [-0.1, -0.05) is 0 Å². The highest BCUT2D eigenvalue weighted by Crippen LogP contribution is 2.49. The van der Waals surface area contributed by atoms with E-state index in [9.17, 15) is 9.59 Å². The Hall–Kier alpha value is -1.08. The molecule has 0 saturated carbocycles. The van der Waals surface area contributed by atoms with Gasteiger partial charge < -0.3 is 18.6 Å². The zero-order valence-corrected chi connectivity index (χ0v) is 19.5. The maximum atomic E-state index is 12.2. The third kappa shape index (κ3) is 6.20. The molecular formula is C18H28BrN4O5P. The molecule has 1 N–H and O–H groups in total. The van der Waals surface area contributed by atoms with E-state index in [0.29, 0.717) is 6.42 Å². The lowest BCUT2D eigenvalue weighted by molar-refractivity contribution is -0.00879. The van der Waals surface area contributed by atoms with Crippen molar-refractivity contribution in [2.45, 2.75) is 71.5 Å². The van der Waals surface area contributed by atoms with Crippen LogP contribution in [0.3, 0.4) is 0 Å². The van der Waals surface area contributed by atoms with E-state index in [0.717, 1.165) is 0 Å². The predicted octanol–water partition coefficient (Wildman–Crippen LogP) is 3.27. The van der Waals surface area contributed by atoms with Crippen molar-refractivity contribution in [2.24, 2.45) is 0 Å². The van der Waals surface area contributed by atoms with Gasteiger partial charge in [0.15, 0.2) is 0 Å². The molecule has 29 heavy (non-hydrogen) atoms. The van der Waals surface area contributed by atoms with Gasteiger partial charge in [0.2, 0.25) is 6.54 Å². The first kappa shape index (κ1) is 22.6. The van der Waals surface area contributed by atoms with E-state index in [2.05, 4.69) is 30.4 Å². The number of ether oxygens (including phenoxy) is 1. The summed E-state index contributed by atoms with van der Waals surface area (Å²) in [7, 11) is -1.49. The van der Waals surface area contributed by atoms with Crippen LogP contribution in [0.15, 0.2) is 20.3 Å². The number of H-pyrrole nitrogens is 1. The number of nitrogens with zero attached hydrogens (tertiary/aromatic N) is 3. The fourth-order valence-electron chi connectivity index (χ4n) is 3.07. The Labute approximate surface area is 181 Å². The Kier molecular flexibility index (Phi) is 8.42. The Morgan fingerprint density at radius 1 is 1.48 bits per heavy atom. The van der Waals surface area contributed by atoms with Crippen LogP contribution in [0, 0.1) is 6.57 Å². The van der Waals surface area contributed by atoms with Crippen LogP contribution >= 0.6 is 24.5 Å². The summed E-state index contributed by atoms with van der Waals surface area (Å²) in [4.78, 5) is 29.4. The number of halogens is 1. The van der Waals surface area contributed by atoms with Gasteiger partial charge in [0, 0.05) is 26.1 Å². The molecule has 0 aliphatic carbocycles. The van der Waals surface area contributed by atoms with Crippen LogP contribution in [-0.2, 0) is 13.8 Å². The predicted molar refractivity (Wildman–Crippen MR) is 115 cm³/mol. The van der Waals surface area contributed by atoms with Crippen LogP contribution in [0.4, 0.5) is 0 Å². The van der Waals surface area contributed by atoms with E-state index in [1.54, 1.807) is 0 Å². The van der Waals surface area contributed by atoms with Gasteiger partial charge in [-0.25, -0.2) is 16.0 Å². The van der Waals surface area contributed by atoms with Crippen LogP contribution in [0.2, 0.25) is 0 Å². The summed E-state index contributed by atoms with van der Waals surface area (Å²) >= 11 is 3.13. The Morgan fingerprint density at radius 3 is 2.76 bits per heavy atom. The van der Waals surface area contributed by atoms with E-state index in [-0.39, 0.29) is 36.6 Å². The molecule has 4 atom stereocenters. The molecule has 1 aromatic heterocycles. The third-order valence-electron chi connectivity index (χ3n) is 4.29. The maximum absolute atomic E-state index is 12.2. The third-order valence-corrected chi connectivity index (χ3v) is 7.01. The number of aromatic nitrogens is 2. The van der Waals surface area contributed by atoms with Crippen LogP contribution in [-0.4, -0.2) is 51.7 Å². The van der Waals surface area contributed by atoms with Crippen molar-refractivity contribution in [1.29, 1.82) is 0 Å². The molecular weight excluding hydrogens is 463 g/mol. The summed E-state index contributed by atoms with van der Waals surface area (Å²) in [5.41, 5.74) is -1.10. The standard InChI is InChI=1S/C18H28BrN4O5P/c1-11(2)23(12(3)4)29(26-8-7-20-6)28-15-9-16(27-13(15)5)22-10-14(19)17(24)21-18(22)25/h10-13,15-16H,7-9H2,1-5H3,(H,21,24,25)/t13-,15?,16-,29?/m1/s1/i5D. The topological polar surface area (TPSA) is 90.2 Å². The highest BCUT2D eigenvalue weighted by atomic mass is 79.9. The van der Waals surface area contributed by atoms with Crippen molar-refractivity contribution in [1.82, 2.24) is 14.2 Å². The average Bonchev–Trinajstić information content (AvgIpc) is 3.06. The van der Waals surface area contributed by atoms with Crippen molar-refractivity contribution in [3.8, 4) is 0 Å². The molecule has 0 radical (unpaired) electrons. The number of nitrogens with one attached hydrogen (secondary N) is 1. The second-order valence-corrected chi connectivity index (χ2v) is 9.43. The molecule has 2 rings (SSSR count). The summed E-state index contributed by atoms with van der Waals surface area (Å²) in [5.74, 6) is 0. The highest BCUT2D eigenvalue weighted by Gasteiger charge is 2.39. The Bertz CT molecular complexity index is 850. The molecule has 1 aromatic rings. The van der Waals surface area contributed by atoms with Crippen molar-refractivity contribution in [3.63, 3.8) is 0 Å². The molecule has 2 heterocycles. The summed E-state index contributed by atoms with van der Waals surface area (Å²) in [6.45, 7) is 15.6. The Morgan fingerprint density at radius 2 is 2.17 bits per heavy atom. The summed E-state index contributed by atoms with van der Waals surface area (Å²) in [5, 5.41) is 0. The molecule has 11 heteroatoms. The number of hydrogen-bond acceptors (Lipinski definition) is 6. The lowest BCUT2D eigenvalue weighted by Crippen LogP contribution is -2.35. The minimum atomic E-state index is -1.49. The van der Waals surface area contributed by atoms with Crippen molar-refractivity contribution in [2.75, 3.05) is 13.2 Å². The quantitative estimate of drug-likeness (QED) is 0.324. The fourth-order valence-corrected chi connectivity index (χ4v) is 5.13. The van der Waals surface area contributed by atoms with Crippen LogP contribution in [0.25, 0.3) is 4.85 Å². The minimum Gasteiger partial charge on any atom is -0.352 e. The summed E-state index contributed by atoms with van der Waals surface area (Å²) in [6, 6.07) is 0.295. The molecule has 0 bridgehead atoms. The van der Waals surface area contributed by atoms with Crippen LogP contribution < -0.4 is 11.2 Å². The molecule has 0 aromatic carbocycles. The van der Waals surface area contributed by atoms with Gasteiger partial charge in [-0.3, -0.25) is 14.3 Å². The maximum Gasteiger partial charge on any atom is 0.330 e. The Balaban J connectivity index is 2.24. The zero-order chi connectivity index (χ0) is 22.4. The number of aromatic amines is 1. The van der Waals surface area contributed by atoms with Gasteiger partial charge in [0.05, 0.1) is 16.7 Å². The first-order chi connectivity index (χ1) is 14.2. The van der Waals surface area contributed by atoms with Crippen molar-refractivity contribution < 1.29 is 15.2 Å². The summed E-state index contributed by atoms with van der Waals surface area (Å²) in [6.07, 6.45) is 0.0283. The average molecular weight is 492 g/mol. The molecule has 1 aliphatic rings. The molecule has 0 spiro atoms.